The quantitative estimate of drug-likeness (QED) is 0.835. The SMILES string of the molecule is O=C(CNc1ccccc1)N/N=C1\CC[C@@H]2CCCC[C@H]2C1. The molecule has 1 aromatic rings. The van der Waals surface area contributed by atoms with E-state index in [9.17, 15) is 4.79 Å². The minimum Gasteiger partial charge on any atom is -0.376 e. The maximum absolute atomic E-state index is 11.9. The second-order valence-corrected chi connectivity index (χ2v) is 6.48. The molecule has 0 aliphatic heterocycles. The van der Waals surface area contributed by atoms with Gasteiger partial charge in [-0.2, -0.15) is 5.10 Å². The molecular formula is C18H25N3O. The molecule has 0 aromatic heterocycles. The smallest absolute Gasteiger partial charge is 0.259 e. The van der Waals surface area contributed by atoms with Gasteiger partial charge in [-0.25, -0.2) is 5.43 Å². The van der Waals surface area contributed by atoms with Crippen LogP contribution in [0.5, 0.6) is 0 Å². The van der Waals surface area contributed by atoms with Crippen LogP contribution in [0.3, 0.4) is 0 Å². The molecule has 4 nitrogen and oxygen atoms in total. The summed E-state index contributed by atoms with van der Waals surface area (Å²) in [5.41, 5.74) is 4.83. The Morgan fingerprint density at radius 1 is 1.09 bits per heavy atom. The van der Waals surface area contributed by atoms with Crippen molar-refractivity contribution in [3.8, 4) is 0 Å². The average molecular weight is 299 g/mol. The van der Waals surface area contributed by atoms with Crippen molar-refractivity contribution in [2.45, 2.75) is 44.9 Å². The number of nitrogens with one attached hydrogen (secondary N) is 2. The van der Waals surface area contributed by atoms with Gasteiger partial charge < -0.3 is 5.32 Å². The molecule has 2 aliphatic carbocycles. The van der Waals surface area contributed by atoms with E-state index in [-0.39, 0.29) is 12.5 Å². The molecule has 4 heteroatoms. The predicted molar refractivity (Wildman–Crippen MR) is 89.8 cm³/mol. The summed E-state index contributed by atoms with van der Waals surface area (Å²) in [7, 11) is 0. The lowest BCUT2D eigenvalue weighted by molar-refractivity contribution is -0.119. The number of nitrogens with zero attached hydrogens (tertiary/aromatic N) is 1. The van der Waals surface area contributed by atoms with Gasteiger partial charge in [0.2, 0.25) is 0 Å². The molecule has 0 bridgehead atoms. The van der Waals surface area contributed by atoms with Gasteiger partial charge in [-0.05, 0) is 49.7 Å². The number of carbonyl (C=O) groups is 1. The zero-order valence-electron chi connectivity index (χ0n) is 13.1. The molecule has 118 valence electrons. The largest absolute Gasteiger partial charge is 0.376 e. The number of amides is 1. The molecule has 22 heavy (non-hydrogen) atoms. The number of para-hydroxylation sites is 1. The van der Waals surface area contributed by atoms with Crippen LogP contribution in [0, 0.1) is 11.8 Å². The molecule has 1 amide bonds. The van der Waals surface area contributed by atoms with Crippen molar-refractivity contribution in [2.75, 3.05) is 11.9 Å². The predicted octanol–water partition coefficient (Wildman–Crippen LogP) is 3.56. The van der Waals surface area contributed by atoms with Crippen molar-refractivity contribution in [1.82, 2.24) is 5.43 Å². The van der Waals surface area contributed by atoms with Crippen molar-refractivity contribution in [3.63, 3.8) is 0 Å². The molecule has 2 N–H and O–H groups in total. The second-order valence-electron chi connectivity index (χ2n) is 6.48. The van der Waals surface area contributed by atoms with Crippen LogP contribution in [-0.4, -0.2) is 18.2 Å². The van der Waals surface area contributed by atoms with Gasteiger partial charge >= 0.3 is 0 Å². The second kappa shape index (κ2) is 7.43. The average Bonchev–Trinajstić information content (AvgIpc) is 2.59. The van der Waals surface area contributed by atoms with Gasteiger partial charge in [-0.15, -0.1) is 0 Å². The maximum Gasteiger partial charge on any atom is 0.259 e. The van der Waals surface area contributed by atoms with Crippen LogP contribution in [0.2, 0.25) is 0 Å². The highest BCUT2D eigenvalue weighted by Crippen LogP contribution is 2.39. The molecule has 0 unspecified atom stereocenters. The van der Waals surface area contributed by atoms with Crippen LogP contribution in [0.1, 0.15) is 44.9 Å². The van der Waals surface area contributed by atoms with E-state index < -0.39 is 0 Å². The van der Waals surface area contributed by atoms with E-state index in [1.165, 1.54) is 37.8 Å². The lowest BCUT2D eigenvalue weighted by atomic mass is 9.70. The van der Waals surface area contributed by atoms with Gasteiger partial charge in [0.25, 0.3) is 5.91 Å². The molecular weight excluding hydrogens is 274 g/mol. The summed E-state index contributed by atoms with van der Waals surface area (Å²) < 4.78 is 0. The van der Waals surface area contributed by atoms with Crippen molar-refractivity contribution in [3.05, 3.63) is 30.3 Å². The summed E-state index contributed by atoms with van der Waals surface area (Å²) in [6, 6.07) is 9.75. The highest BCUT2D eigenvalue weighted by molar-refractivity contribution is 5.88. The van der Waals surface area contributed by atoms with Gasteiger partial charge in [0, 0.05) is 11.4 Å². The molecule has 0 saturated heterocycles. The van der Waals surface area contributed by atoms with Gasteiger partial charge in [-0.1, -0.05) is 37.5 Å². The third-order valence-corrected chi connectivity index (χ3v) is 4.93. The minimum atomic E-state index is -0.0814. The Kier molecular flexibility index (Phi) is 5.09. The van der Waals surface area contributed by atoms with E-state index in [0.29, 0.717) is 0 Å². The first-order valence-corrected chi connectivity index (χ1v) is 8.44. The number of carbonyl (C=O) groups excluding carboxylic acids is 1. The Morgan fingerprint density at radius 2 is 1.86 bits per heavy atom. The van der Waals surface area contributed by atoms with E-state index in [4.69, 9.17) is 0 Å². The van der Waals surface area contributed by atoms with Crippen LogP contribution >= 0.6 is 0 Å². The Bertz CT molecular complexity index is 526. The normalized spacial score (nSPS) is 26.3. The molecule has 0 spiro atoms. The number of hydrogen-bond acceptors (Lipinski definition) is 3. The standard InChI is InChI=1S/C18H25N3O/c22-18(13-19-16-8-2-1-3-9-16)21-20-17-11-10-14-6-4-5-7-15(14)12-17/h1-3,8-9,14-15,19H,4-7,10-13H2,(H,21,22)/b20-17+/t14-,15-/m0/s1. The zero-order chi connectivity index (χ0) is 15.2. The van der Waals surface area contributed by atoms with Gasteiger partial charge in [0.15, 0.2) is 0 Å². The van der Waals surface area contributed by atoms with Crippen LogP contribution in [0.25, 0.3) is 0 Å². The molecule has 2 aliphatic rings. The first-order valence-electron chi connectivity index (χ1n) is 8.44. The highest BCUT2D eigenvalue weighted by atomic mass is 16.2. The van der Waals surface area contributed by atoms with E-state index in [2.05, 4.69) is 15.8 Å². The molecule has 0 heterocycles. The van der Waals surface area contributed by atoms with Crippen molar-refractivity contribution < 1.29 is 4.79 Å². The van der Waals surface area contributed by atoms with E-state index in [1.807, 2.05) is 30.3 Å². The van der Waals surface area contributed by atoms with E-state index >= 15 is 0 Å². The molecule has 0 radical (unpaired) electrons. The Hall–Kier alpha value is -1.84. The van der Waals surface area contributed by atoms with Crippen molar-refractivity contribution in [2.24, 2.45) is 16.9 Å². The monoisotopic (exact) mass is 299 g/mol. The highest BCUT2D eigenvalue weighted by Gasteiger charge is 2.30. The summed E-state index contributed by atoms with van der Waals surface area (Å²) in [6.45, 7) is 0.257. The molecule has 1 aromatic carbocycles. The lowest BCUT2D eigenvalue weighted by Gasteiger charge is -2.35. The molecule has 2 atom stereocenters. The fourth-order valence-corrected chi connectivity index (χ4v) is 3.71. The molecule has 3 rings (SSSR count). The number of hydrogen-bond donors (Lipinski definition) is 2. The number of fused-ring (bicyclic) bond motifs is 1. The Labute approximate surface area is 132 Å². The topological polar surface area (TPSA) is 53.5 Å². The molecule has 2 fully saturated rings. The van der Waals surface area contributed by atoms with E-state index in [1.54, 1.807) is 0 Å². The lowest BCUT2D eigenvalue weighted by Crippen LogP contribution is -2.31. The van der Waals surface area contributed by atoms with Crippen LogP contribution in [0.15, 0.2) is 35.4 Å². The summed E-state index contributed by atoms with van der Waals surface area (Å²) in [5, 5.41) is 7.46. The van der Waals surface area contributed by atoms with Crippen LogP contribution in [-0.2, 0) is 4.79 Å². The summed E-state index contributed by atoms with van der Waals surface area (Å²) in [4.78, 5) is 11.9. The molecule has 2 saturated carbocycles. The first-order chi connectivity index (χ1) is 10.8. The fourth-order valence-electron chi connectivity index (χ4n) is 3.71. The van der Waals surface area contributed by atoms with Crippen molar-refractivity contribution >= 4 is 17.3 Å². The van der Waals surface area contributed by atoms with Crippen LogP contribution < -0.4 is 10.7 Å². The third kappa shape index (κ3) is 4.09. The zero-order valence-corrected chi connectivity index (χ0v) is 13.1. The summed E-state index contributed by atoms with van der Waals surface area (Å²) >= 11 is 0. The van der Waals surface area contributed by atoms with Gasteiger partial charge in [-0.3, -0.25) is 4.79 Å². The first kappa shape index (κ1) is 15.1. The number of hydrazone groups is 1. The minimum absolute atomic E-state index is 0.0814. The van der Waals surface area contributed by atoms with Crippen LogP contribution in [0.4, 0.5) is 5.69 Å². The summed E-state index contributed by atoms with van der Waals surface area (Å²) in [6.07, 6.45) is 8.88. The van der Waals surface area contributed by atoms with Crippen molar-refractivity contribution in [1.29, 1.82) is 0 Å². The fraction of sp³-hybridized carbons (Fsp3) is 0.556. The van der Waals surface area contributed by atoms with E-state index in [0.717, 1.165) is 30.4 Å². The number of benzene rings is 1. The number of rotatable bonds is 4. The third-order valence-electron chi connectivity index (χ3n) is 4.93. The Balaban J connectivity index is 1.44. The summed E-state index contributed by atoms with van der Waals surface area (Å²) in [5.74, 6) is 1.63. The van der Waals surface area contributed by atoms with Gasteiger partial charge in [0.05, 0.1) is 6.54 Å². The number of anilines is 1. The maximum atomic E-state index is 11.9. The van der Waals surface area contributed by atoms with Gasteiger partial charge in [0.1, 0.15) is 0 Å². The Morgan fingerprint density at radius 3 is 2.68 bits per heavy atom.